The molecule has 3 heteroatoms. The topological polar surface area (TPSA) is 38.0 Å². The SMILES string of the molecule is CSCC(C)Nc1ccc(N)c(C)c1. The average molecular weight is 210 g/mol. The van der Waals surface area contributed by atoms with Crippen LogP contribution in [0.15, 0.2) is 18.2 Å². The van der Waals surface area contributed by atoms with Crippen LogP contribution in [0.5, 0.6) is 0 Å². The largest absolute Gasteiger partial charge is 0.399 e. The number of benzene rings is 1. The lowest BCUT2D eigenvalue weighted by Crippen LogP contribution is -2.17. The number of nitrogens with two attached hydrogens (primary N) is 1. The van der Waals surface area contributed by atoms with Crippen LogP contribution < -0.4 is 11.1 Å². The summed E-state index contributed by atoms with van der Waals surface area (Å²) in [7, 11) is 0. The van der Waals surface area contributed by atoms with Gasteiger partial charge in [0, 0.05) is 23.2 Å². The average Bonchev–Trinajstić information content (AvgIpc) is 2.12. The Morgan fingerprint density at radius 1 is 1.50 bits per heavy atom. The Balaban J connectivity index is 2.63. The molecule has 0 heterocycles. The van der Waals surface area contributed by atoms with Crippen LogP contribution in [0, 0.1) is 6.92 Å². The van der Waals surface area contributed by atoms with Gasteiger partial charge in [-0.15, -0.1) is 0 Å². The van der Waals surface area contributed by atoms with E-state index in [9.17, 15) is 0 Å². The summed E-state index contributed by atoms with van der Waals surface area (Å²) in [5.41, 5.74) is 8.88. The lowest BCUT2D eigenvalue weighted by molar-refractivity contribution is 0.914. The van der Waals surface area contributed by atoms with Gasteiger partial charge in [0.15, 0.2) is 0 Å². The highest BCUT2D eigenvalue weighted by Gasteiger charge is 2.01. The maximum absolute atomic E-state index is 5.75. The molecule has 0 fully saturated rings. The number of hydrogen-bond donors (Lipinski definition) is 2. The molecule has 0 bridgehead atoms. The highest BCUT2D eigenvalue weighted by molar-refractivity contribution is 7.98. The van der Waals surface area contributed by atoms with E-state index in [1.807, 2.05) is 30.8 Å². The first-order valence-electron chi connectivity index (χ1n) is 4.75. The van der Waals surface area contributed by atoms with Crippen molar-refractivity contribution in [3.8, 4) is 0 Å². The zero-order valence-electron chi connectivity index (χ0n) is 9.00. The van der Waals surface area contributed by atoms with E-state index in [-0.39, 0.29) is 0 Å². The van der Waals surface area contributed by atoms with Crippen molar-refractivity contribution >= 4 is 23.1 Å². The van der Waals surface area contributed by atoms with Gasteiger partial charge in [0.1, 0.15) is 0 Å². The molecule has 14 heavy (non-hydrogen) atoms. The second-order valence-corrected chi connectivity index (χ2v) is 4.48. The molecule has 1 unspecified atom stereocenters. The second-order valence-electron chi connectivity index (χ2n) is 3.57. The van der Waals surface area contributed by atoms with Crippen LogP contribution in [0.4, 0.5) is 11.4 Å². The first-order valence-corrected chi connectivity index (χ1v) is 6.14. The molecular weight excluding hydrogens is 192 g/mol. The molecule has 0 aromatic heterocycles. The monoisotopic (exact) mass is 210 g/mol. The molecule has 2 nitrogen and oxygen atoms in total. The van der Waals surface area contributed by atoms with Gasteiger partial charge in [0.2, 0.25) is 0 Å². The third kappa shape index (κ3) is 3.14. The van der Waals surface area contributed by atoms with Crippen LogP contribution >= 0.6 is 11.8 Å². The Bertz CT molecular complexity index is 299. The van der Waals surface area contributed by atoms with Crippen LogP contribution in [0.3, 0.4) is 0 Å². The van der Waals surface area contributed by atoms with Crippen LogP contribution in [0.25, 0.3) is 0 Å². The molecule has 0 aliphatic carbocycles. The predicted molar refractivity (Wildman–Crippen MR) is 67.1 cm³/mol. The molecule has 0 spiro atoms. The van der Waals surface area contributed by atoms with E-state index >= 15 is 0 Å². The Hall–Kier alpha value is -0.830. The quantitative estimate of drug-likeness (QED) is 0.750. The van der Waals surface area contributed by atoms with Crippen LogP contribution in [0.1, 0.15) is 12.5 Å². The number of aryl methyl sites for hydroxylation is 1. The summed E-state index contributed by atoms with van der Waals surface area (Å²) in [6, 6.07) is 6.56. The minimum Gasteiger partial charge on any atom is -0.399 e. The lowest BCUT2D eigenvalue weighted by Gasteiger charge is -2.14. The van der Waals surface area contributed by atoms with Crippen molar-refractivity contribution in [2.45, 2.75) is 19.9 Å². The molecule has 0 saturated carbocycles. The standard InChI is InChI=1S/C11H18N2S/c1-8-6-10(4-5-11(8)12)13-9(2)7-14-3/h4-6,9,13H,7,12H2,1-3H3. The highest BCUT2D eigenvalue weighted by Crippen LogP contribution is 2.17. The third-order valence-electron chi connectivity index (χ3n) is 2.10. The van der Waals surface area contributed by atoms with Crippen molar-refractivity contribution in [3.05, 3.63) is 23.8 Å². The molecule has 78 valence electrons. The van der Waals surface area contributed by atoms with Crippen molar-refractivity contribution in [1.29, 1.82) is 0 Å². The number of rotatable bonds is 4. The summed E-state index contributed by atoms with van der Waals surface area (Å²) < 4.78 is 0. The van der Waals surface area contributed by atoms with Gasteiger partial charge in [-0.05, 0) is 43.9 Å². The van der Waals surface area contributed by atoms with Gasteiger partial charge in [0.25, 0.3) is 0 Å². The molecule has 0 saturated heterocycles. The van der Waals surface area contributed by atoms with Gasteiger partial charge in [-0.3, -0.25) is 0 Å². The van der Waals surface area contributed by atoms with Crippen molar-refractivity contribution in [3.63, 3.8) is 0 Å². The van der Waals surface area contributed by atoms with Gasteiger partial charge in [-0.1, -0.05) is 0 Å². The summed E-state index contributed by atoms with van der Waals surface area (Å²) in [4.78, 5) is 0. The lowest BCUT2D eigenvalue weighted by atomic mass is 10.2. The first kappa shape index (κ1) is 11.2. The summed E-state index contributed by atoms with van der Waals surface area (Å²) >= 11 is 1.85. The maximum atomic E-state index is 5.75. The molecular formula is C11H18N2S. The Labute approximate surface area is 90.3 Å². The summed E-state index contributed by atoms with van der Waals surface area (Å²) in [5.74, 6) is 1.11. The Morgan fingerprint density at radius 2 is 2.21 bits per heavy atom. The second kappa shape index (κ2) is 5.15. The van der Waals surface area contributed by atoms with E-state index in [0.29, 0.717) is 6.04 Å². The summed E-state index contributed by atoms with van der Waals surface area (Å²) in [6.45, 7) is 4.21. The first-order chi connectivity index (χ1) is 6.63. The van der Waals surface area contributed by atoms with Crippen LogP contribution in [0.2, 0.25) is 0 Å². The van der Waals surface area contributed by atoms with Crippen molar-refractivity contribution in [2.75, 3.05) is 23.1 Å². The van der Waals surface area contributed by atoms with Crippen molar-refractivity contribution < 1.29 is 0 Å². The molecule has 3 N–H and O–H groups in total. The molecule has 0 amide bonds. The zero-order chi connectivity index (χ0) is 10.6. The Morgan fingerprint density at radius 3 is 2.79 bits per heavy atom. The number of hydrogen-bond acceptors (Lipinski definition) is 3. The molecule has 1 atom stereocenters. The Kier molecular flexibility index (Phi) is 4.14. The molecule has 0 radical (unpaired) electrons. The fourth-order valence-electron chi connectivity index (χ4n) is 1.34. The zero-order valence-corrected chi connectivity index (χ0v) is 9.82. The van der Waals surface area contributed by atoms with E-state index < -0.39 is 0 Å². The van der Waals surface area contributed by atoms with E-state index in [1.54, 1.807) is 0 Å². The fourth-order valence-corrected chi connectivity index (χ4v) is 1.93. The van der Waals surface area contributed by atoms with Crippen LogP contribution in [-0.2, 0) is 0 Å². The van der Waals surface area contributed by atoms with E-state index in [1.165, 1.54) is 0 Å². The summed E-state index contributed by atoms with van der Waals surface area (Å²) in [5, 5.41) is 3.43. The number of nitrogen functional groups attached to an aromatic ring is 1. The summed E-state index contributed by atoms with van der Waals surface area (Å²) in [6.07, 6.45) is 2.12. The van der Waals surface area contributed by atoms with Crippen molar-refractivity contribution in [2.24, 2.45) is 0 Å². The molecule has 1 rings (SSSR count). The van der Waals surface area contributed by atoms with Gasteiger partial charge < -0.3 is 11.1 Å². The number of anilines is 2. The third-order valence-corrected chi connectivity index (χ3v) is 2.93. The van der Waals surface area contributed by atoms with E-state index in [4.69, 9.17) is 5.73 Å². The maximum Gasteiger partial charge on any atom is 0.0346 e. The van der Waals surface area contributed by atoms with Crippen LogP contribution in [-0.4, -0.2) is 18.1 Å². The number of nitrogens with one attached hydrogen (secondary N) is 1. The minimum atomic E-state index is 0.494. The van der Waals surface area contributed by atoms with Gasteiger partial charge >= 0.3 is 0 Å². The predicted octanol–water partition coefficient (Wildman–Crippen LogP) is 2.74. The van der Waals surface area contributed by atoms with Gasteiger partial charge in [0.05, 0.1) is 0 Å². The minimum absolute atomic E-state index is 0.494. The van der Waals surface area contributed by atoms with E-state index in [2.05, 4.69) is 24.6 Å². The fraction of sp³-hybridized carbons (Fsp3) is 0.455. The smallest absolute Gasteiger partial charge is 0.0346 e. The molecule has 1 aromatic rings. The van der Waals surface area contributed by atoms with Gasteiger partial charge in [-0.2, -0.15) is 11.8 Å². The molecule has 0 aliphatic heterocycles. The highest BCUT2D eigenvalue weighted by atomic mass is 32.2. The van der Waals surface area contributed by atoms with Crippen molar-refractivity contribution in [1.82, 2.24) is 0 Å². The normalized spacial score (nSPS) is 12.5. The van der Waals surface area contributed by atoms with E-state index in [0.717, 1.165) is 22.7 Å². The number of thioether (sulfide) groups is 1. The molecule has 1 aromatic carbocycles. The molecule has 0 aliphatic rings. The van der Waals surface area contributed by atoms with Gasteiger partial charge in [-0.25, -0.2) is 0 Å².